The second-order valence-corrected chi connectivity index (χ2v) is 5.99. The zero-order valence-electron chi connectivity index (χ0n) is 10.0. The molecule has 2 N–H and O–H groups in total. The van der Waals surface area contributed by atoms with Gasteiger partial charge in [-0.25, -0.2) is 0 Å². The molecule has 0 spiro atoms. The van der Waals surface area contributed by atoms with Crippen LogP contribution in [0.25, 0.3) is 0 Å². The first-order valence-corrected chi connectivity index (χ1v) is 7.41. The summed E-state index contributed by atoms with van der Waals surface area (Å²) in [4.78, 5) is 19.5. The van der Waals surface area contributed by atoms with Crippen molar-refractivity contribution in [3.8, 4) is 0 Å². The van der Waals surface area contributed by atoms with E-state index < -0.39 is 7.60 Å². The van der Waals surface area contributed by atoms with E-state index in [1.807, 2.05) is 11.9 Å². The predicted molar refractivity (Wildman–Crippen MR) is 63.1 cm³/mol. The lowest BCUT2D eigenvalue weighted by Crippen LogP contribution is -2.31. The van der Waals surface area contributed by atoms with Gasteiger partial charge in [0, 0.05) is 12.6 Å². The summed E-state index contributed by atoms with van der Waals surface area (Å²) in [5.41, 5.74) is 0. The number of nitrogens with zero attached hydrogens (tertiary/aromatic N) is 1. The van der Waals surface area contributed by atoms with Gasteiger partial charge in [0.15, 0.2) is 0 Å². The van der Waals surface area contributed by atoms with Gasteiger partial charge < -0.3 is 14.7 Å². The summed E-state index contributed by atoms with van der Waals surface area (Å²) in [6.45, 7) is 4.75. The first-order valence-electron chi connectivity index (χ1n) is 5.61. The van der Waals surface area contributed by atoms with Crippen molar-refractivity contribution >= 4 is 7.60 Å². The van der Waals surface area contributed by atoms with Crippen molar-refractivity contribution in [1.29, 1.82) is 0 Å². The average molecular weight is 237 g/mol. The zero-order valence-corrected chi connectivity index (χ0v) is 10.9. The van der Waals surface area contributed by atoms with Crippen LogP contribution in [-0.4, -0.2) is 40.5 Å². The molecule has 0 amide bonds. The van der Waals surface area contributed by atoms with Crippen molar-refractivity contribution in [2.75, 3.05) is 19.8 Å². The molecule has 0 unspecified atom stereocenters. The van der Waals surface area contributed by atoms with Gasteiger partial charge in [-0.3, -0.25) is 4.57 Å². The van der Waals surface area contributed by atoms with Crippen molar-refractivity contribution in [1.82, 2.24) is 4.90 Å². The number of hydrogen-bond donors (Lipinski definition) is 2. The Bertz CT molecular complexity index is 205. The maximum atomic E-state index is 10.7. The molecule has 0 bridgehead atoms. The molecule has 5 heteroatoms. The molecule has 0 saturated heterocycles. The molecular formula is C10H24NO3P. The molecule has 0 radical (unpaired) electrons. The molecule has 15 heavy (non-hydrogen) atoms. The molecule has 0 aliphatic heterocycles. The molecular weight excluding hydrogens is 213 g/mol. The van der Waals surface area contributed by atoms with Crippen LogP contribution in [0.2, 0.25) is 0 Å². The summed E-state index contributed by atoms with van der Waals surface area (Å²) in [6.07, 6.45) is 4.70. The first kappa shape index (κ1) is 15.1. The normalized spacial score (nSPS) is 14.5. The van der Waals surface area contributed by atoms with E-state index in [4.69, 9.17) is 9.79 Å². The third kappa shape index (κ3) is 9.06. The van der Waals surface area contributed by atoms with Crippen LogP contribution in [0.3, 0.4) is 0 Å². The lowest BCUT2D eigenvalue weighted by atomic mass is 10.1. The fraction of sp³-hybridized carbons (Fsp3) is 1.00. The summed E-state index contributed by atoms with van der Waals surface area (Å²) >= 11 is 0. The molecule has 0 rings (SSSR count). The van der Waals surface area contributed by atoms with E-state index >= 15 is 0 Å². The van der Waals surface area contributed by atoms with E-state index in [0.29, 0.717) is 12.6 Å². The van der Waals surface area contributed by atoms with Gasteiger partial charge in [-0.05, 0) is 20.4 Å². The molecule has 0 aromatic carbocycles. The lowest BCUT2D eigenvalue weighted by molar-refractivity contribution is 0.248. The summed E-state index contributed by atoms with van der Waals surface area (Å²) < 4.78 is 10.7. The quantitative estimate of drug-likeness (QED) is 0.501. The molecule has 0 fully saturated rings. The van der Waals surface area contributed by atoms with E-state index in [2.05, 4.69) is 13.8 Å². The number of hydrogen-bond acceptors (Lipinski definition) is 2. The van der Waals surface area contributed by atoms with Gasteiger partial charge in [0.1, 0.15) is 0 Å². The Morgan fingerprint density at radius 3 is 2.40 bits per heavy atom. The highest BCUT2D eigenvalue weighted by atomic mass is 31.2. The smallest absolute Gasteiger partial charge is 0.324 e. The minimum absolute atomic E-state index is 0.0401. The van der Waals surface area contributed by atoms with Gasteiger partial charge in [-0.15, -0.1) is 0 Å². The second-order valence-electron chi connectivity index (χ2n) is 4.21. The fourth-order valence-corrected chi connectivity index (χ4v) is 1.99. The van der Waals surface area contributed by atoms with Crippen molar-refractivity contribution in [3.05, 3.63) is 0 Å². The standard InChI is InChI=1S/C10H24NO3P/c1-4-5-6-7-10(2)11(3)8-9-15(12,13)14/h10H,4-9H2,1-3H3,(H2,12,13,14)/t10-/m0/s1. The van der Waals surface area contributed by atoms with Crippen LogP contribution < -0.4 is 0 Å². The molecule has 0 saturated carbocycles. The minimum atomic E-state index is -3.83. The van der Waals surface area contributed by atoms with Crippen molar-refractivity contribution in [2.45, 2.75) is 45.6 Å². The highest BCUT2D eigenvalue weighted by molar-refractivity contribution is 7.51. The number of rotatable bonds is 8. The molecule has 0 heterocycles. The van der Waals surface area contributed by atoms with Gasteiger partial charge in [0.2, 0.25) is 0 Å². The molecule has 0 aliphatic rings. The summed E-state index contributed by atoms with van der Waals surface area (Å²) in [7, 11) is -1.91. The van der Waals surface area contributed by atoms with E-state index in [0.717, 1.165) is 6.42 Å². The third-order valence-corrected chi connectivity index (χ3v) is 3.50. The van der Waals surface area contributed by atoms with Crippen LogP contribution >= 0.6 is 7.60 Å². The van der Waals surface area contributed by atoms with Gasteiger partial charge >= 0.3 is 7.60 Å². The minimum Gasteiger partial charge on any atom is -0.324 e. The Balaban J connectivity index is 3.69. The predicted octanol–water partition coefficient (Wildman–Crippen LogP) is 2.06. The van der Waals surface area contributed by atoms with E-state index in [-0.39, 0.29) is 6.16 Å². The molecule has 0 aliphatic carbocycles. The Morgan fingerprint density at radius 1 is 1.33 bits per heavy atom. The molecule has 0 aromatic rings. The Morgan fingerprint density at radius 2 is 1.93 bits per heavy atom. The number of unbranched alkanes of at least 4 members (excludes halogenated alkanes) is 2. The SMILES string of the molecule is CCCCC[C@H](C)N(C)CCP(=O)(O)O. The van der Waals surface area contributed by atoms with Crippen LogP contribution in [-0.2, 0) is 4.57 Å². The van der Waals surface area contributed by atoms with Gasteiger partial charge in [-0.2, -0.15) is 0 Å². The Kier molecular flexibility index (Phi) is 7.45. The van der Waals surface area contributed by atoms with Gasteiger partial charge in [0.25, 0.3) is 0 Å². The summed E-state index contributed by atoms with van der Waals surface area (Å²) in [5, 5.41) is 0. The Hall–Kier alpha value is 0.110. The fourth-order valence-electron chi connectivity index (χ4n) is 1.42. The van der Waals surface area contributed by atoms with Crippen molar-refractivity contribution < 1.29 is 14.4 Å². The monoisotopic (exact) mass is 237 g/mol. The summed E-state index contributed by atoms with van der Waals surface area (Å²) in [6, 6.07) is 0.406. The molecule has 0 aromatic heterocycles. The Labute approximate surface area is 92.8 Å². The van der Waals surface area contributed by atoms with Crippen LogP contribution in [0.15, 0.2) is 0 Å². The zero-order chi connectivity index (χ0) is 11.9. The maximum Gasteiger partial charge on any atom is 0.326 e. The average Bonchev–Trinajstić information content (AvgIpc) is 2.13. The van der Waals surface area contributed by atoms with E-state index in [9.17, 15) is 4.57 Å². The molecule has 4 nitrogen and oxygen atoms in total. The maximum absolute atomic E-state index is 10.7. The topological polar surface area (TPSA) is 60.8 Å². The highest BCUT2D eigenvalue weighted by Gasteiger charge is 2.16. The van der Waals surface area contributed by atoms with Crippen LogP contribution in [0, 0.1) is 0 Å². The largest absolute Gasteiger partial charge is 0.326 e. The van der Waals surface area contributed by atoms with E-state index in [1.54, 1.807) is 0 Å². The molecule has 92 valence electrons. The first-order chi connectivity index (χ1) is 6.87. The lowest BCUT2D eigenvalue weighted by Gasteiger charge is -2.24. The highest BCUT2D eigenvalue weighted by Crippen LogP contribution is 2.33. The van der Waals surface area contributed by atoms with Crippen molar-refractivity contribution in [2.24, 2.45) is 0 Å². The summed E-state index contributed by atoms with van der Waals surface area (Å²) in [5.74, 6) is 0. The van der Waals surface area contributed by atoms with Crippen LogP contribution in [0.5, 0.6) is 0 Å². The van der Waals surface area contributed by atoms with E-state index in [1.165, 1.54) is 19.3 Å². The second kappa shape index (κ2) is 7.39. The van der Waals surface area contributed by atoms with Gasteiger partial charge in [-0.1, -0.05) is 26.2 Å². The third-order valence-electron chi connectivity index (χ3n) is 2.72. The van der Waals surface area contributed by atoms with Crippen molar-refractivity contribution in [3.63, 3.8) is 0 Å². The van der Waals surface area contributed by atoms with Gasteiger partial charge in [0.05, 0.1) is 6.16 Å². The van der Waals surface area contributed by atoms with Crippen LogP contribution in [0.1, 0.15) is 39.5 Å². The molecule has 1 atom stereocenters. The van der Waals surface area contributed by atoms with Crippen LogP contribution in [0.4, 0.5) is 0 Å².